The smallest absolute Gasteiger partial charge is 0.161 e. The standard InChI is InChI=1S/C12H20O2/c1-9(2)8-14-11-6-4-5-10(3)12(13)7-11/h7,9-10H,4-6,8H2,1-3H3. The number of ether oxygens (including phenoxy) is 1. The molecule has 0 aromatic carbocycles. The van der Waals surface area contributed by atoms with Crippen molar-refractivity contribution in [3.05, 3.63) is 11.8 Å². The zero-order valence-corrected chi connectivity index (χ0v) is 9.38. The Morgan fingerprint density at radius 3 is 2.93 bits per heavy atom. The summed E-state index contributed by atoms with van der Waals surface area (Å²) in [6.45, 7) is 6.93. The minimum atomic E-state index is 0.176. The van der Waals surface area contributed by atoms with Crippen molar-refractivity contribution in [1.82, 2.24) is 0 Å². The van der Waals surface area contributed by atoms with Crippen LogP contribution >= 0.6 is 0 Å². The number of hydrogen-bond acceptors (Lipinski definition) is 2. The van der Waals surface area contributed by atoms with Gasteiger partial charge in [-0.3, -0.25) is 4.79 Å². The van der Waals surface area contributed by atoms with Crippen molar-refractivity contribution >= 4 is 5.78 Å². The summed E-state index contributed by atoms with van der Waals surface area (Å²) in [5, 5.41) is 0. The zero-order valence-electron chi connectivity index (χ0n) is 9.38. The third-order valence-corrected chi connectivity index (χ3v) is 2.45. The highest BCUT2D eigenvalue weighted by Crippen LogP contribution is 2.20. The van der Waals surface area contributed by atoms with Gasteiger partial charge in [0.1, 0.15) is 0 Å². The second-order valence-corrected chi connectivity index (χ2v) is 4.51. The highest BCUT2D eigenvalue weighted by atomic mass is 16.5. The SMILES string of the molecule is CC(C)COC1=CC(=O)C(C)CCC1. The van der Waals surface area contributed by atoms with E-state index in [1.54, 1.807) is 6.08 Å². The third kappa shape index (κ3) is 3.52. The molecule has 0 aromatic rings. The maximum atomic E-state index is 11.5. The molecule has 0 fully saturated rings. The van der Waals surface area contributed by atoms with E-state index >= 15 is 0 Å². The van der Waals surface area contributed by atoms with Crippen molar-refractivity contribution in [3.63, 3.8) is 0 Å². The predicted molar refractivity (Wildman–Crippen MR) is 56.9 cm³/mol. The molecule has 0 aliphatic heterocycles. The second kappa shape index (κ2) is 5.18. The van der Waals surface area contributed by atoms with Gasteiger partial charge in [-0.05, 0) is 18.8 Å². The molecule has 1 unspecified atom stereocenters. The van der Waals surface area contributed by atoms with Crippen molar-refractivity contribution in [2.24, 2.45) is 11.8 Å². The molecule has 0 radical (unpaired) electrons. The number of ketones is 1. The first-order valence-corrected chi connectivity index (χ1v) is 5.47. The van der Waals surface area contributed by atoms with E-state index in [0.717, 1.165) is 25.0 Å². The Bertz CT molecular complexity index is 228. The normalized spacial score (nSPS) is 23.3. The highest BCUT2D eigenvalue weighted by molar-refractivity contribution is 5.92. The molecule has 0 heterocycles. The summed E-state index contributed by atoms with van der Waals surface area (Å²) in [5.74, 6) is 1.80. The summed E-state index contributed by atoms with van der Waals surface area (Å²) in [6, 6.07) is 0. The van der Waals surface area contributed by atoms with Crippen LogP contribution in [0.3, 0.4) is 0 Å². The van der Waals surface area contributed by atoms with Crippen LogP contribution in [0.2, 0.25) is 0 Å². The minimum absolute atomic E-state index is 0.176. The number of hydrogen-bond donors (Lipinski definition) is 0. The summed E-state index contributed by atoms with van der Waals surface area (Å²) >= 11 is 0. The number of carbonyl (C=O) groups is 1. The first kappa shape index (κ1) is 11.3. The Hall–Kier alpha value is -0.790. The van der Waals surface area contributed by atoms with Crippen molar-refractivity contribution in [2.75, 3.05) is 6.61 Å². The van der Waals surface area contributed by atoms with Gasteiger partial charge in [-0.1, -0.05) is 20.8 Å². The molecule has 0 bridgehead atoms. The van der Waals surface area contributed by atoms with E-state index in [0.29, 0.717) is 12.5 Å². The van der Waals surface area contributed by atoms with Crippen LogP contribution in [0, 0.1) is 11.8 Å². The van der Waals surface area contributed by atoms with Gasteiger partial charge in [-0.25, -0.2) is 0 Å². The van der Waals surface area contributed by atoms with Gasteiger partial charge in [0.25, 0.3) is 0 Å². The lowest BCUT2D eigenvalue weighted by Gasteiger charge is -2.10. The lowest BCUT2D eigenvalue weighted by atomic mass is 10.0. The molecule has 0 spiro atoms. The Labute approximate surface area is 86.3 Å². The van der Waals surface area contributed by atoms with Crippen LogP contribution in [0.1, 0.15) is 40.0 Å². The van der Waals surface area contributed by atoms with Crippen molar-refractivity contribution in [3.8, 4) is 0 Å². The van der Waals surface area contributed by atoms with Crippen LogP contribution in [0.4, 0.5) is 0 Å². The van der Waals surface area contributed by atoms with Crippen LogP contribution in [-0.2, 0) is 9.53 Å². The molecular weight excluding hydrogens is 176 g/mol. The van der Waals surface area contributed by atoms with Gasteiger partial charge in [-0.2, -0.15) is 0 Å². The molecule has 2 nitrogen and oxygen atoms in total. The molecule has 0 amide bonds. The summed E-state index contributed by atoms with van der Waals surface area (Å²) in [4.78, 5) is 11.5. The third-order valence-electron chi connectivity index (χ3n) is 2.45. The summed E-state index contributed by atoms with van der Waals surface area (Å²) in [6.07, 6.45) is 4.67. The van der Waals surface area contributed by atoms with Gasteiger partial charge >= 0.3 is 0 Å². The van der Waals surface area contributed by atoms with E-state index in [-0.39, 0.29) is 11.7 Å². The average molecular weight is 196 g/mol. The largest absolute Gasteiger partial charge is 0.498 e. The van der Waals surface area contributed by atoms with Crippen LogP contribution in [-0.4, -0.2) is 12.4 Å². The molecule has 14 heavy (non-hydrogen) atoms. The molecule has 1 aliphatic rings. The summed E-state index contributed by atoms with van der Waals surface area (Å²) < 4.78 is 5.58. The van der Waals surface area contributed by atoms with Gasteiger partial charge in [0.2, 0.25) is 0 Å². The van der Waals surface area contributed by atoms with Crippen molar-refractivity contribution in [2.45, 2.75) is 40.0 Å². The molecule has 0 saturated heterocycles. The maximum absolute atomic E-state index is 11.5. The number of allylic oxidation sites excluding steroid dienone is 2. The Morgan fingerprint density at radius 1 is 1.57 bits per heavy atom. The average Bonchev–Trinajstić information content (AvgIpc) is 2.26. The van der Waals surface area contributed by atoms with Crippen molar-refractivity contribution in [1.29, 1.82) is 0 Å². The molecule has 1 rings (SSSR count). The van der Waals surface area contributed by atoms with Crippen LogP contribution < -0.4 is 0 Å². The van der Waals surface area contributed by atoms with E-state index in [1.165, 1.54) is 0 Å². The lowest BCUT2D eigenvalue weighted by molar-refractivity contribution is -0.117. The van der Waals surface area contributed by atoms with Crippen LogP contribution in [0.15, 0.2) is 11.8 Å². The zero-order chi connectivity index (χ0) is 10.6. The fourth-order valence-electron chi connectivity index (χ4n) is 1.49. The molecule has 0 saturated carbocycles. The quantitative estimate of drug-likeness (QED) is 0.693. The minimum Gasteiger partial charge on any atom is -0.498 e. The van der Waals surface area contributed by atoms with Gasteiger partial charge in [0.15, 0.2) is 5.78 Å². The Balaban J connectivity index is 2.50. The molecular formula is C12H20O2. The molecule has 80 valence electrons. The summed E-state index contributed by atoms with van der Waals surface area (Å²) in [7, 11) is 0. The monoisotopic (exact) mass is 196 g/mol. The van der Waals surface area contributed by atoms with Gasteiger partial charge in [0.05, 0.1) is 12.4 Å². The molecule has 0 N–H and O–H groups in total. The van der Waals surface area contributed by atoms with E-state index < -0.39 is 0 Å². The molecule has 2 heteroatoms. The van der Waals surface area contributed by atoms with Gasteiger partial charge in [-0.15, -0.1) is 0 Å². The van der Waals surface area contributed by atoms with Gasteiger partial charge in [0, 0.05) is 18.4 Å². The molecule has 1 atom stereocenters. The number of carbonyl (C=O) groups excluding carboxylic acids is 1. The fourth-order valence-corrected chi connectivity index (χ4v) is 1.49. The first-order chi connectivity index (χ1) is 6.59. The first-order valence-electron chi connectivity index (χ1n) is 5.47. The van der Waals surface area contributed by atoms with Gasteiger partial charge < -0.3 is 4.74 Å². The topological polar surface area (TPSA) is 26.3 Å². The van der Waals surface area contributed by atoms with E-state index in [9.17, 15) is 4.79 Å². The lowest BCUT2D eigenvalue weighted by Crippen LogP contribution is -2.06. The number of rotatable bonds is 3. The van der Waals surface area contributed by atoms with E-state index in [1.807, 2.05) is 6.92 Å². The predicted octanol–water partition coefficient (Wildman–Crippen LogP) is 2.93. The highest BCUT2D eigenvalue weighted by Gasteiger charge is 2.16. The van der Waals surface area contributed by atoms with Crippen LogP contribution in [0.5, 0.6) is 0 Å². The maximum Gasteiger partial charge on any atom is 0.161 e. The van der Waals surface area contributed by atoms with E-state index in [4.69, 9.17) is 4.74 Å². The Morgan fingerprint density at radius 2 is 2.29 bits per heavy atom. The van der Waals surface area contributed by atoms with Crippen LogP contribution in [0.25, 0.3) is 0 Å². The molecule has 1 aliphatic carbocycles. The van der Waals surface area contributed by atoms with Crippen molar-refractivity contribution < 1.29 is 9.53 Å². The van der Waals surface area contributed by atoms with E-state index in [2.05, 4.69) is 13.8 Å². The Kier molecular flexibility index (Phi) is 4.18. The molecule has 0 aromatic heterocycles. The fraction of sp³-hybridized carbons (Fsp3) is 0.750. The summed E-state index contributed by atoms with van der Waals surface area (Å²) in [5.41, 5.74) is 0. The second-order valence-electron chi connectivity index (χ2n) is 4.51.